The van der Waals surface area contributed by atoms with E-state index in [0.29, 0.717) is 18.8 Å². The minimum absolute atomic E-state index is 0.0114. The van der Waals surface area contributed by atoms with Gasteiger partial charge < -0.3 is 9.88 Å². The maximum absolute atomic E-state index is 12.8. The number of aromatic nitrogens is 4. The fourth-order valence-corrected chi connectivity index (χ4v) is 3.35. The van der Waals surface area contributed by atoms with Crippen molar-refractivity contribution in [3.05, 3.63) is 81.8 Å². The van der Waals surface area contributed by atoms with Crippen molar-refractivity contribution in [1.29, 1.82) is 0 Å². The SMILES string of the molecule is Cc1ccc(=O)n(CC(=O)N2Cc3[nH]cnc3C(c3ccccc3)C2)n1. The van der Waals surface area contributed by atoms with Gasteiger partial charge in [0.2, 0.25) is 5.91 Å². The predicted octanol–water partition coefficient (Wildman–Crippen LogP) is 1.45. The highest BCUT2D eigenvalue weighted by Crippen LogP contribution is 2.31. The molecule has 7 nitrogen and oxygen atoms in total. The molecule has 3 aromatic rings. The second-order valence-corrected chi connectivity index (χ2v) is 6.47. The molecule has 4 rings (SSSR count). The van der Waals surface area contributed by atoms with Gasteiger partial charge in [-0.15, -0.1) is 0 Å². The van der Waals surface area contributed by atoms with E-state index >= 15 is 0 Å². The van der Waals surface area contributed by atoms with Gasteiger partial charge in [-0.25, -0.2) is 9.67 Å². The largest absolute Gasteiger partial charge is 0.347 e. The fourth-order valence-electron chi connectivity index (χ4n) is 3.35. The van der Waals surface area contributed by atoms with Gasteiger partial charge in [0.25, 0.3) is 5.56 Å². The van der Waals surface area contributed by atoms with Crippen LogP contribution in [0.25, 0.3) is 0 Å². The zero-order valence-corrected chi connectivity index (χ0v) is 14.4. The number of hydrogen-bond donors (Lipinski definition) is 1. The Kier molecular flexibility index (Phi) is 4.12. The molecule has 0 aliphatic carbocycles. The van der Waals surface area contributed by atoms with Crippen LogP contribution in [0, 0.1) is 6.92 Å². The molecule has 2 aromatic heterocycles. The van der Waals surface area contributed by atoms with Crippen LogP contribution < -0.4 is 5.56 Å². The van der Waals surface area contributed by atoms with Gasteiger partial charge in [-0.3, -0.25) is 9.59 Å². The van der Waals surface area contributed by atoms with Crippen molar-refractivity contribution in [1.82, 2.24) is 24.6 Å². The standard InChI is InChI=1S/C19H19N5O2/c1-13-7-8-17(25)24(22-13)11-18(26)23-9-15(14-5-3-2-4-6-14)19-16(10-23)20-12-21-19/h2-8,12,15H,9-11H2,1H3,(H,20,21). The summed E-state index contributed by atoms with van der Waals surface area (Å²) >= 11 is 0. The molecule has 26 heavy (non-hydrogen) atoms. The Morgan fingerprint density at radius 3 is 2.85 bits per heavy atom. The highest BCUT2D eigenvalue weighted by molar-refractivity contribution is 5.76. The van der Waals surface area contributed by atoms with Crippen LogP contribution in [0.15, 0.2) is 53.6 Å². The summed E-state index contributed by atoms with van der Waals surface area (Å²) in [7, 11) is 0. The quantitative estimate of drug-likeness (QED) is 0.776. The number of nitrogens with one attached hydrogen (secondary N) is 1. The van der Waals surface area contributed by atoms with Gasteiger partial charge in [-0.2, -0.15) is 5.10 Å². The predicted molar refractivity (Wildman–Crippen MR) is 95.5 cm³/mol. The Morgan fingerprint density at radius 2 is 2.04 bits per heavy atom. The van der Waals surface area contributed by atoms with Crippen molar-refractivity contribution < 1.29 is 4.79 Å². The molecule has 0 bridgehead atoms. The molecule has 1 N–H and O–H groups in total. The lowest BCUT2D eigenvalue weighted by atomic mass is 9.91. The van der Waals surface area contributed by atoms with E-state index in [-0.39, 0.29) is 23.9 Å². The summed E-state index contributed by atoms with van der Waals surface area (Å²) in [5.41, 5.74) is 3.45. The highest BCUT2D eigenvalue weighted by Gasteiger charge is 2.31. The maximum Gasteiger partial charge on any atom is 0.267 e. The number of amides is 1. The van der Waals surface area contributed by atoms with Gasteiger partial charge in [-0.05, 0) is 18.6 Å². The zero-order chi connectivity index (χ0) is 18.1. The second-order valence-electron chi connectivity index (χ2n) is 6.47. The number of fused-ring (bicyclic) bond motifs is 1. The topological polar surface area (TPSA) is 83.9 Å². The molecule has 1 aliphatic rings. The van der Waals surface area contributed by atoms with E-state index in [4.69, 9.17) is 0 Å². The first-order valence-electron chi connectivity index (χ1n) is 8.51. The molecule has 0 saturated carbocycles. The van der Waals surface area contributed by atoms with Gasteiger partial charge in [0.15, 0.2) is 0 Å². The van der Waals surface area contributed by atoms with E-state index in [1.807, 2.05) is 30.3 Å². The van der Waals surface area contributed by atoms with Crippen LogP contribution in [-0.4, -0.2) is 37.1 Å². The van der Waals surface area contributed by atoms with E-state index in [1.165, 1.54) is 10.7 Å². The van der Waals surface area contributed by atoms with Crippen molar-refractivity contribution in [2.75, 3.05) is 6.54 Å². The zero-order valence-electron chi connectivity index (χ0n) is 14.4. The Balaban J connectivity index is 1.61. The molecule has 0 saturated heterocycles. The number of hydrogen-bond acceptors (Lipinski definition) is 4. The molecule has 1 amide bonds. The monoisotopic (exact) mass is 349 g/mol. The van der Waals surface area contributed by atoms with E-state index in [0.717, 1.165) is 17.0 Å². The number of carbonyl (C=O) groups excluding carboxylic acids is 1. The van der Waals surface area contributed by atoms with Crippen LogP contribution in [0.2, 0.25) is 0 Å². The fraction of sp³-hybridized carbons (Fsp3) is 0.263. The van der Waals surface area contributed by atoms with Crippen LogP contribution in [-0.2, 0) is 17.9 Å². The molecule has 1 unspecified atom stereocenters. The minimum Gasteiger partial charge on any atom is -0.347 e. The van der Waals surface area contributed by atoms with E-state index in [9.17, 15) is 9.59 Å². The average Bonchev–Trinajstić information content (AvgIpc) is 3.13. The molecular formula is C19H19N5O2. The summed E-state index contributed by atoms with van der Waals surface area (Å²) in [5, 5.41) is 4.16. The Bertz CT molecular complexity index is 992. The van der Waals surface area contributed by atoms with Gasteiger partial charge in [0.1, 0.15) is 6.54 Å². The first-order valence-corrected chi connectivity index (χ1v) is 8.51. The molecule has 132 valence electrons. The van der Waals surface area contributed by atoms with Crippen LogP contribution in [0.4, 0.5) is 0 Å². The molecule has 3 heterocycles. The van der Waals surface area contributed by atoms with E-state index < -0.39 is 0 Å². The minimum atomic E-state index is -0.275. The average molecular weight is 349 g/mol. The van der Waals surface area contributed by atoms with Crippen LogP contribution in [0.1, 0.15) is 28.6 Å². The number of nitrogens with zero attached hydrogens (tertiary/aromatic N) is 4. The third-order valence-electron chi connectivity index (χ3n) is 4.67. The normalized spacial score (nSPS) is 16.3. The third-order valence-corrected chi connectivity index (χ3v) is 4.67. The Morgan fingerprint density at radius 1 is 1.23 bits per heavy atom. The molecule has 1 atom stereocenters. The smallest absolute Gasteiger partial charge is 0.267 e. The van der Waals surface area contributed by atoms with E-state index in [2.05, 4.69) is 15.1 Å². The number of rotatable bonds is 3. The van der Waals surface area contributed by atoms with E-state index in [1.54, 1.807) is 24.2 Å². The molecule has 0 radical (unpaired) electrons. The van der Waals surface area contributed by atoms with Crippen molar-refractivity contribution in [2.45, 2.75) is 25.9 Å². The Hall–Kier alpha value is -3.22. The van der Waals surface area contributed by atoms with Crippen LogP contribution in [0.3, 0.4) is 0 Å². The summed E-state index contributed by atoms with van der Waals surface area (Å²) < 4.78 is 1.22. The van der Waals surface area contributed by atoms with Gasteiger partial charge >= 0.3 is 0 Å². The summed E-state index contributed by atoms with van der Waals surface area (Å²) in [4.78, 5) is 34.1. The second kappa shape index (κ2) is 6.59. The van der Waals surface area contributed by atoms with Crippen molar-refractivity contribution in [3.8, 4) is 0 Å². The Labute approximate surface area is 150 Å². The number of H-pyrrole nitrogens is 1. The number of aromatic amines is 1. The van der Waals surface area contributed by atoms with Crippen molar-refractivity contribution >= 4 is 5.91 Å². The number of benzene rings is 1. The maximum atomic E-state index is 12.8. The molecule has 7 heteroatoms. The summed E-state index contributed by atoms with van der Waals surface area (Å²) in [6.45, 7) is 2.72. The lowest BCUT2D eigenvalue weighted by Gasteiger charge is -2.32. The van der Waals surface area contributed by atoms with Crippen molar-refractivity contribution in [2.24, 2.45) is 0 Å². The number of carbonyl (C=O) groups is 1. The van der Waals surface area contributed by atoms with Gasteiger partial charge in [-0.1, -0.05) is 30.3 Å². The lowest BCUT2D eigenvalue weighted by molar-refractivity contribution is -0.133. The molecular weight excluding hydrogens is 330 g/mol. The first-order chi connectivity index (χ1) is 12.6. The number of imidazole rings is 1. The van der Waals surface area contributed by atoms with Gasteiger partial charge in [0.05, 0.1) is 30.0 Å². The number of aryl methyl sites for hydroxylation is 1. The lowest BCUT2D eigenvalue weighted by Crippen LogP contribution is -2.42. The molecule has 0 fully saturated rings. The van der Waals surface area contributed by atoms with Gasteiger partial charge in [0, 0.05) is 18.5 Å². The molecule has 1 aliphatic heterocycles. The molecule has 1 aromatic carbocycles. The van der Waals surface area contributed by atoms with Crippen LogP contribution in [0.5, 0.6) is 0 Å². The third kappa shape index (κ3) is 3.03. The summed E-state index contributed by atoms with van der Waals surface area (Å²) in [6, 6.07) is 13.1. The highest BCUT2D eigenvalue weighted by atomic mass is 16.2. The molecule has 0 spiro atoms. The summed E-state index contributed by atoms with van der Waals surface area (Å²) in [6.07, 6.45) is 1.67. The van der Waals surface area contributed by atoms with Crippen LogP contribution >= 0.6 is 0 Å². The van der Waals surface area contributed by atoms with Crippen molar-refractivity contribution in [3.63, 3.8) is 0 Å². The summed E-state index contributed by atoms with van der Waals surface area (Å²) in [5.74, 6) is -0.122. The first kappa shape index (κ1) is 16.3.